The van der Waals surface area contributed by atoms with Crippen molar-refractivity contribution in [2.45, 2.75) is 60.8 Å². The summed E-state index contributed by atoms with van der Waals surface area (Å²) in [6.45, 7) is 14.2. The van der Waals surface area contributed by atoms with Gasteiger partial charge in [0, 0.05) is 0 Å². The quantitative estimate of drug-likeness (QED) is 0.570. The van der Waals surface area contributed by atoms with Gasteiger partial charge in [0.15, 0.2) is 0 Å². The van der Waals surface area contributed by atoms with Gasteiger partial charge in [0.1, 0.15) is 0 Å². The van der Waals surface area contributed by atoms with E-state index >= 15 is 0 Å². The molecule has 0 saturated carbocycles. The van der Waals surface area contributed by atoms with Crippen LogP contribution >= 0.6 is 0 Å². The van der Waals surface area contributed by atoms with Gasteiger partial charge in [-0.3, -0.25) is 0 Å². The lowest BCUT2D eigenvalue weighted by molar-refractivity contribution is 0.111. The maximum atomic E-state index is 2.44. The third-order valence-electron chi connectivity index (χ3n) is 3.93. The molecule has 0 N–H and O–H groups in total. The molecule has 0 aromatic carbocycles. The molecule has 0 aliphatic carbocycles. The Morgan fingerprint density at radius 3 is 1.83 bits per heavy atom. The Hall–Kier alpha value is 0. The lowest BCUT2D eigenvalue weighted by Crippen LogP contribution is -2.30. The van der Waals surface area contributed by atoms with E-state index in [0.717, 1.165) is 11.8 Å². The average Bonchev–Trinajstić information content (AvgIpc) is 2.03. The van der Waals surface area contributed by atoms with E-state index in [4.69, 9.17) is 0 Å². The molecule has 74 valence electrons. The molecule has 0 heteroatoms. The minimum Gasteiger partial charge on any atom is -0.0654 e. The number of hydrogen-bond acceptors (Lipinski definition) is 0. The third-order valence-corrected chi connectivity index (χ3v) is 3.93. The average molecular weight is 170 g/mol. The van der Waals surface area contributed by atoms with E-state index in [2.05, 4.69) is 41.5 Å². The van der Waals surface area contributed by atoms with Crippen molar-refractivity contribution in [3.05, 3.63) is 0 Å². The highest BCUT2D eigenvalue weighted by atomic mass is 14.4. The van der Waals surface area contributed by atoms with Crippen LogP contribution in [0.25, 0.3) is 0 Å². The fourth-order valence-corrected chi connectivity index (χ4v) is 2.09. The summed E-state index contributed by atoms with van der Waals surface area (Å²) in [6.07, 6.45) is 4.01. The Kier molecular flexibility index (Phi) is 4.89. The second-order valence-electron chi connectivity index (χ2n) is 4.70. The fourth-order valence-electron chi connectivity index (χ4n) is 2.09. The minimum absolute atomic E-state index is 0.552. The molecule has 0 rings (SSSR count). The highest BCUT2D eigenvalue weighted by molar-refractivity contribution is 4.81. The highest BCUT2D eigenvalue weighted by Gasteiger charge is 2.31. The van der Waals surface area contributed by atoms with Crippen LogP contribution in [0.1, 0.15) is 60.8 Å². The minimum atomic E-state index is 0.552. The smallest absolute Gasteiger partial charge is 0.0280 e. The zero-order valence-corrected chi connectivity index (χ0v) is 9.78. The van der Waals surface area contributed by atoms with Gasteiger partial charge in [0.2, 0.25) is 0 Å². The molecule has 0 radical (unpaired) electrons. The van der Waals surface area contributed by atoms with Crippen LogP contribution in [0.3, 0.4) is 0 Å². The lowest BCUT2D eigenvalue weighted by Gasteiger charge is -2.39. The summed E-state index contributed by atoms with van der Waals surface area (Å²) < 4.78 is 0. The van der Waals surface area contributed by atoms with Gasteiger partial charge >= 0.3 is 0 Å². The highest BCUT2D eigenvalue weighted by Crippen LogP contribution is 2.40. The Morgan fingerprint density at radius 1 is 1.08 bits per heavy atom. The molecule has 0 amide bonds. The van der Waals surface area contributed by atoms with Crippen LogP contribution in [0.4, 0.5) is 0 Å². The summed E-state index contributed by atoms with van der Waals surface area (Å²) in [5.74, 6) is 1.68. The summed E-state index contributed by atoms with van der Waals surface area (Å²) in [7, 11) is 0. The molecular formula is C12H26. The maximum Gasteiger partial charge on any atom is -0.0280 e. The van der Waals surface area contributed by atoms with E-state index < -0.39 is 0 Å². The Bertz CT molecular complexity index is 115. The molecular weight excluding hydrogens is 144 g/mol. The van der Waals surface area contributed by atoms with E-state index in [1.807, 2.05) is 0 Å². The van der Waals surface area contributed by atoms with Crippen LogP contribution in [-0.2, 0) is 0 Å². The molecule has 0 bridgehead atoms. The zero-order chi connectivity index (χ0) is 9.78. The van der Waals surface area contributed by atoms with Crippen molar-refractivity contribution in [1.82, 2.24) is 0 Å². The van der Waals surface area contributed by atoms with Crippen LogP contribution < -0.4 is 0 Å². The topological polar surface area (TPSA) is 0 Å². The van der Waals surface area contributed by atoms with Gasteiger partial charge in [-0.15, -0.1) is 0 Å². The molecule has 0 aromatic heterocycles. The molecule has 0 nitrogen and oxygen atoms in total. The lowest BCUT2D eigenvalue weighted by atomic mass is 9.67. The number of hydrogen-bond donors (Lipinski definition) is 0. The number of rotatable bonds is 5. The molecule has 0 spiro atoms. The van der Waals surface area contributed by atoms with Gasteiger partial charge in [0.25, 0.3) is 0 Å². The Balaban J connectivity index is 4.29. The van der Waals surface area contributed by atoms with E-state index in [1.165, 1.54) is 19.3 Å². The van der Waals surface area contributed by atoms with Crippen LogP contribution in [-0.4, -0.2) is 0 Å². The first-order valence-electron chi connectivity index (χ1n) is 5.49. The van der Waals surface area contributed by atoms with Gasteiger partial charge in [-0.05, 0) is 17.3 Å². The molecule has 0 saturated heterocycles. The van der Waals surface area contributed by atoms with Crippen molar-refractivity contribution < 1.29 is 0 Å². The largest absolute Gasteiger partial charge is 0.0654 e. The van der Waals surface area contributed by atoms with Crippen LogP contribution in [0.5, 0.6) is 0 Å². The molecule has 0 aromatic rings. The molecule has 0 fully saturated rings. The Labute approximate surface area is 78.8 Å². The van der Waals surface area contributed by atoms with Crippen molar-refractivity contribution in [2.75, 3.05) is 0 Å². The van der Waals surface area contributed by atoms with Gasteiger partial charge in [-0.2, -0.15) is 0 Å². The summed E-state index contributed by atoms with van der Waals surface area (Å²) in [6, 6.07) is 0. The van der Waals surface area contributed by atoms with Crippen LogP contribution in [0.15, 0.2) is 0 Å². The van der Waals surface area contributed by atoms with Crippen molar-refractivity contribution in [1.29, 1.82) is 0 Å². The van der Waals surface area contributed by atoms with E-state index in [0.29, 0.717) is 5.41 Å². The first-order chi connectivity index (χ1) is 5.49. The summed E-state index contributed by atoms with van der Waals surface area (Å²) in [5, 5.41) is 0. The van der Waals surface area contributed by atoms with Crippen molar-refractivity contribution in [3.8, 4) is 0 Å². The monoisotopic (exact) mass is 170 g/mol. The summed E-state index contributed by atoms with van der Waals surface area (Å²) in [5.41, 5.74) is 0.552. The van der Waals surface area contributed by atoms with Gasteiger partial charge in [-0.1, -0.05) is 60.8 Å². The second kappa shape index (κ2) is 4.89. The van der Waals surface area contributed by atoms with E-state index in [-0.39, 0.29) is 0 Å². The molecule has 12 heavy (non-hydrogen) atoms. The van der Waals surface area contributed by atoms with Gasteiger partial charge in [0.05, 0.1) is 0 Å². The Morgan fingerprint density at radius 2 is 1.58 bits per heavy atom. The van der Waals surface area contributed by atoms with Crippen molar-refractivity contribution >= 4 is 0 Å². The molecule has 0 aliphatic rings. The molecule has 0 heterocycles. The molecule has 0 aliphatic heterocycles. The van der Waals surface area contributed by atoms with Gasteiger partial charge < -0.3 is 0 Å². The zero-order valence-electron chi connectivity index (χ0n) is 9.78. The van der Waals surface area contributed by atoms with Crippen LogP contribution in [0, 0.1) is 17.3 Å². The normalized spacial score (nSPS) is 19.2. The second-order valence-corrected chi connectivity index (χ2v) is 4.70. The SMILES string of the molecule is CCCC(C)C(C)(CC)C(C)C. The molecule has 2 atom stereocenters. The fraction of sp³-hybridized carbons (Fsp3) is 1.00. The van der Waals surface area contributed by atoms with Crippen LogP contribution in [0.2, 0.25) is 0 Å². The van der Waals surface area contributed by atoms with Gasteiger partial charge in [-0.25, -0.2) is 0 Å². The standard InChI is InChI=1S/C12H26/c1-7-9-11(5)12(6,8-2)10(3)4/h10-11H,7-9H2,1-6H3. The summed E-state index contributed by atoms with van der Waals surface area (Å²) in [4.78, 5) is 0. The predicted octanol–water partition coefficient (Wildman–Crippen LogP) is 4.49. The summed E-state index contributed by atoms with van der Waals surface area (Å²) >= 11 is 0. The van der Waals surface area contributed by atoms with Crippen molar-refractivity contribution in [3.63, 3.8) is 0 Å². The predicted molar refractivity (Wildman–Crippen MR) is 57.3 cm³/mol. The van der Waals surface area contributed by atoms with E-state index in [9.17, 15) is 0 Å². The van der Waals surface area contributed by atoms with E-state index in [1.54, 1.807) is 0 Å². The maximum absolute atomic E-state index is 2.44. The molecule has 2 unspecified atom stereocenters. The van der Waals surface area contributed by atoms with Crippen molar-refractivity contribution in [2.24, 2.45) is 17.3 Å². The first kappa shape index (κ1) is 12.0. The third kappa shape index (κ3) is 2.50. The first-order valence-corrected chi connectivity index (χ1v) is 5.49.